The molecule has 1 heterocycles. The van der Waals surface area contributed by atoms with Crippen LogP contribution >= 0.6 is 23.2 Å². The molecule has 0 aliphatic carbocycles. The summed E-state index contributed by atoms with van der Waals surface area (Å²) in [4.78, 5) is 13.8. The topological polar surface area (TPSA) is 79.0 Å². The highest BCUT2D eigenvalue weighted by Crippen LogP contribution is 2.29. The summed E-state index contributed by atoms with van der Waals surface area (Å²) in [5.74, 6) is -0.150. The first-order valence-electron chi connectivity index (χ1n) is 8.23. The number of hydrogen-bond donors (Lipinski definition) is 1. The lowest BCUT2D eigenvalue weighted by Gasteiger charge is -2.27. The predicted octanol–water partition coefficient (Wildman–Crippen LogP) is 2.36. The molecule has 0 saturated carbocycles. The molecule has 10 heteroatoms. The zero-order chi connectivity index (χ0) is 19.3. The minimum Gasteiger partial charge on any atom is -0.379 e. The molecule has 2 rings (SSSR count). The van der Waals surface area contributed by atoms with E-state index in [0.29, 0.717) is 36.3 Å². The molecule has 1 saturated heterocycles. The number of nitrogens with zero attached hydrogens (tertiary/aromatic N) is 2. The molecule has 0 aromatic heterocycles. The Balaban J connectivity index is 1.88. The van der Waals surface area contributed by atoms with Gasteiger partial charge in [-0.1, -0.05) is 29.3 Å². The number of benzene rings is 1. The molecule has 1 aliphatic rings. The normalized spacial score (nSPS) is 16.9. The Hall–Kier alpha value is -1.06. The fourth-order valence-corrected chi connectivity index (χ4v) is 4.48. The van der Waals surface area contributed by atoms with Crippen molar-refractivity contribution in [2.45, 2.75) is 13.0 Å². The third-order valence-corrected chi connectivity index (χ3v) is 6.75. The van der Waals surface area contributed by atoms with Gasteiger partial charge in [-0.2, -0.15) is 4.31 Å². The molecule has 1 atom stereocenters. The van der Waals surface area contributed by atoms with Gasteiger partial charge in [-0.05, 0) is 24.6 Å². The van der Waals surface area contributed by atoms with Crippen LogP contribution in [0, 0.1) is 0 Å². The number of nitrogens with one attached hydrogen (secondary N) is 1. The van der Waals surface area contributed by atoms with Crippen LogP contribution in [-0.4, -0.2) is 69.3 Å². The van der Waals surface area contributed by atoms with Gasteiger partial charge in [-0.15, -0.1) is 0 Å². The molecule has 7 nitrogen and oxygen atoms in total. The zero-order valence-corrected chi connectivity index (χ0v) is 17.1. The largest absolute Gasteiger partial charge is 0.379 e. The summed E-state index contributed by atoms with van der Waals surface area (Å²) in [7, 11) is -1.78. The maximum absolute atomic E-state index is 12.3. The molecule has 1 N–H and O–H groups in total. The van der Waals surface area contributed by atoms with Crippen LogP contribution in [0.2, 0.25) is 10.0 Å². The Kier molecular flexibility index (Phi) is 7.54. The van der Waals surface area contributed by atoms with Crippen LogP contribution in [0.5, 0.6) is 0 Å². The lowest BCUT2D eigenvalue weighted by Crippen LogP contribution is -2.45. The fraction of sp³-hybridized carbons (Fsp3) is 0.562. The Morgan fingerprint density at radius 3 is 2.62 bits per heavy atom. The first-order valence-corrected chi connectivity index (χ1v) is 10.6. The summed E-state index contributed by atoms with van der Waals surface area (Å²) >= 11 is 12.1. The summed E-state index contributed by atoms with van der Waals surface area (Å²) in [5.41, 5.74) is 0.759. The molecule has 0 bridgehead atoms. The highest BCUT2D eigenvalue weighted by molar-refractivity contribution is 7.89. The van der Waals surface area contributed by atoms with Crippen molar-refractivity contribution in [3.05, 3.63) is 33.8 Å². The first-order chi connectivity index (χ1) is 12.2. The van der Waals surface area contributed by atoms with Crippen molar-refractivity contribution >= 4 is 39.3 Å². The van der Waals surface area contributed by atoms with Gasteiger partial charge in [0.2, 0.25) is 10.0 Å². The fourth-order valence-electron chi connectivity index (χ4n) is 2.59. The van der Waals surface area contributed by atoms with Gasteiger partial charge < -0.3 is 15.0 Å². The number of amides is 2. The van der Waals surface area contributed by atoms with Crippen molar-refractivity contribution in [1.82, 2.24) is 14.5 Å². The smallest absolute Gasteiger partial charge is 0.317 e. The number of rotatable bonds is 6. The second-order valence-electron chi connectivity index (χ2n) is 6.01. The number of carbonyl (C=O) groups excluding carboxylic acids is 1. The van der Waals surface area contributed by atoms with E-state index < -0.39 is 10.0 Å². The quantitative estimate of drug-likeness (QED) is 0.761. The maximum Gasteiger partial charge on any atom is 0.317 e. The molecule has 2 amide bonds. The summed E-state index contributed by atoms with van der Waals surface area (Å²) in [6.07, 6.45) is 0. The lowest BCUT2D eigenvalue weighted by molar-refractivity contribution is 0.0730. The van der Waals surface area contributed by atoms with Crippen LogP contribution in [0.1, 0.15) is 18.5 Å². The highest BCUT2D eigenvalue weighted by atomic mass is 35.5. The van der Waals surface area contributed by atoms with Crippen molar-refractivity contribution in [2.24, 2.45) is 0 Å². The summed E-state index contributed by atoms with van der Waals surface area (Å²) in [6.45, 7) is 3.36. The van der Waals surface area contributed by atoms with Gasteiger partial charge in [-0.25, -0.2) is 13.2 Å². The molecule has 1 fully saturated rings. The molecular formula is C16H23Cl2N3O4S. The van der Waals surface area contributed by atoms with E-state index >= 15 is 0 Å². The number of morpholine rings is 1. The van der Waals surface area contributed by atoms with Gasteiger partial charge in [0, 0.05) is 36.7 Å². The molecule has 1 unspecified atom stereocenters. The van der Waals surface area contributed by atoms with Crippen LogP contribution in [-0.2, 0) is 14.8 Å². The minimum absolute atomic E-state index is 0.0317. The van der Waals surface area contributed by atoms with Crippen molar-refractivity contribution in [3.63, 3.8) is 0 Å². The van der Waals surface area contributed by atoms with Crippen molar-refractivity contribution < 1.29 is 17.9 Å². The Labute approximate surface area is 164 Å². The van der Waals surface area contributed by atoms with E-state index in [-0.39, 0.29) is 24.4 Å². The van der Waals surface area contributed by atoms with Gasteiger partial charge in [0.15, 0.2) is 0 Å². The number of hydrogen-bond acceptors (Lipinski definition) is 4. The van der Waals surface area contributed by atoms with Crippen LogP contribution < -0.4 is 5.32 Å². The van der Waals surface area contributed by atoms with Crippen LogP contribution in [0.25, 0.3) is 0 Å². The van der Waals surface area contributed by atoms with E-state index in [9.17, 15) is 13.2 Å². The van der Waals surface area contributed by atoms with Gasteiger partial charge >= 0.3 is 6.03 Å². The number of sulfonamides is 1. The number of ether oxygens (including phenoxy) is 1. The molecule has 1 aliphatic heterocycles. The number of urea groups is 1. The lowest BCUT2D eigenvalue weighted by atomic mass is 10.1. The van der Waals surface area contributed by atoms with E-state index in [1.807, 2.05) is 6.92 Å². The third-order valence-electron chi connectivity index (χ3n) is 4.31. The van der Waals surface area contributed by atoms with Gasteiger partial charge in [0.25, 0.3) is 0 Å². The van der Waals surface area contributed by atoms with E-state index in [0.717, 1.165) is 5.56 Å². The highest BCUT2D eigenvalue weighted by Gasteiger charge is 2.25. The molecule has 0 spiro atoms. The minimum atomic E-state index is -3.40. The molecule has 146 valence electrons. The molecular weight excluding hydrogens is 401 g/mol. The zero-order valence-electron chi connectivity index (χ0n) is 14.7. The molecule has 0 radical (unpaired) electrons. The van der Waals surface area contributed by atoms with Crippen molar-refractivity contribution in [2.75, 3.05) is 45.6 Å². The molecule has 1 aromatic rings. The summed E-state index contributed by atoms with van der Waals surface area (Å²) in [5, 5.41) is 3.63. The van der Waals surface area contributed by atoms with E-state index in [4.69, 9.17) is 27.9 Å². The number of halogens is 2. The van der Waals surface area contributed by atoms with Crippen molar-refractivity contribution in [3.8, 4) is 0 Å². The van der Waals surface area contributed by atoms with Gasteiger partial charge in [0.05, 0.1) is 25.0 Å². The third kappa shape index (κ3) is 5.47. The second-order valence-corrected chi connectivity index (χ2v) is 8.94. The standard InChI is InChI=1S/C16H23Cl2N3O4S/c1-12(14-4-3-13(17)11-15(14)18)20(2)16(22)19-5-10-26(23,24)21-6-8-25-9-7-21/h3-4,11-12H,5-10H2,1-2H3,(H,19,22). The molecule has 1 aromatic carbocycles. The van der Waals surface area contributed by atoms with Gasteiger partial charge in [-0.3, -0.25) is 0 Å². The Bertz CT molecular complexity index is 739. The summed E-state index contributed by atoms with van der Waals surface area (Å²) < 4.78 is 31.0. The molecule has 26 heavy (non-hydrogen) atoms. The Morgan fingerprint density at radius 2 is 2.00 bits per heavy atom. The van der Waals surface area contributed by atoms with E-state index in [1.165, 1.54) is 9.21 Å². The van der Waals surface area contributed by atoms with Crippen LogP contribution in [0.15, 0.2) is 18.2 Å². The van der Waals surface area contributed by atoms with Crippen LogP contribution in [0.4, 0.5) is 4.79 Å². The average molecular weight is 424 g/mol. The van der Waals surface area contributed by atoms with E-state index in [2.05, 4.69) is 5.32 Å². The van der Waals surface area contributed by atoms with Crippen molar-refractivity contribution in [1.29, 1.82) is 0 Å². The SMILES string of the molecule is CC(c1ccc(Cl)cc1Cl)N(C)C(=O)NCCS(=O)(=O)N1CCOCC1. The monoisotopic (exact) mass is 423 g/mol. The van der Waals surface area contributed by atoms with E-state index in [1.54, 1.807) is 25.2 Å². The second kappa shape index (κ2) is 9.23. The Morgan fingerprint density at radius 1 is 1.35 bits per heavy atom. The first kappa shape index (κ1) is 21.2. The van der Waals surface area contributed by atoms with Gasteiger partial charge in [0.1, 0.15) is 0 Å². The number of carbonyl (C=O) groups is 1. The van der Waals surface area contributed by atoms with Crippen LogP contribution in [0.3, 0.4) is 0 Å². The maximum atomic E-state index is 12.3. The summed E-state index contributed by atoms with van der Waals surface area (Å²) in [6, 6.07) is 4.42. The average Bonchev–Trinajstić information content (AvgIpc) is 2.61. The predicted molar refractivity (Wildman–Crippen MR) is 102 cm³/mol.